The number of fused-ring (bicyclic) bond motifs is 1. The lowest BCUT2D eigenvalue weighted by atomic mass is 10.1. The molecule has 0 atom stereocenters. The maximum Gasteiger partial charge on any atom is 0.160 e. The first-order valence-corrected chi connectivity index (χ1v) is 5.92. The Morgan fingerprint density at radius 2 is 2.18 bits per heavy atom. The van der Waals surface area contributed by atoms with Crippen molar-refractivity contribution < 1.29 is 0 Å². The maximum atomic E-state index is 4.30. The third kappa shape index (κ3) is 2.08. The van der Waals surface area contributed by atoms with Gasteiger partial charge >= 0.3 is 0 Å². The third-order valence-corrected chi connectivity index (χ3v) is 3.31. The van der Waals surface area contributed by atoms with Crippen LogP contribution in [0, 0.1) is 0 Å². The Kier molecular flexibility index (Phi) is 2.64. The highest BCUT2D eigenvalue weighted by molar-refractivity contribution is 5.85. The van der Waals surface area contributed by atoms with E-state index in [1.807, 2.05) is 0 Å². The zero-order valence-corrected chi connectivity index (χ0v) is 9.85. The molecule has 90 valence electrons. The molecular formula is C11H16N6. The molecule has 3 rings (SSSR count). The van der Waals surface area contributed by atoms with Gasteiger partial charge in [0.1, 0.15) is 12.1 Å². The van der Waals surface area contributed by atoms with Crippen LogP contribution in [0.3, 0.4) is 0 Å². The molecule has 3 heterocycles. The molecule has 0 radical (unpaired) electrons. The van der Waals surface area contributed by atoms with Crippen molar-refractivity contribution >= 4 is 16.9 Å². The van der Waals surface area contributed by atoms with Gasteiger partial charge in [0.25, 0.3) is 0 Å². The van der Waals surface area contributed by atoms with Crippen molar-refractivity contribution in [2.45, 2.75) is 18.9 Å². The Hall–Kier alpha value is -1.69. The topological polar surface area (TPSA) is 69.7 Å². The van der Waals surface area contributed by atoms with Crippen LogP contribution in [0.15, 0.2) is 12.5 Å². The van der Waals surface area contributed by atoms with E-state index in [9.17, 15) is 0 Å². The van der Waals surface area contributed by atoms with Gasteiger partial charge in [0.05, 0.1) is 11.6 Å². The molecule has 1 fully saturated rings. The van der Waals surface area contributed by atoms with Crippen molar-refractivity contribution in [1.82, 2.24) is 25.1 Å². The Morgan fingerprint density at radius 3 is 3.00 bits per heavy atom. The minimum Gasteiger partial charge on any atom is -0.367 e. The van der Waals surface area contributed by atoms with E-state index in [4.69, 9.17) is 0 Å². The summed E-state index contributed by atoms with van der Waals surface area (Å²) in [4.78, 5) is 10.8. The summed E-state index contributed by atoms with van der Waals surface area (Å²) in [6.07, 6.45) is 5.64. The van der Waals surface area contributed by atoms with E-state index >= 15 is 0 Å². The second kappa shape index (κ2) is 4.29. The van der Waals surface area contributed by atoms with Gasteiger partial charge in [0, 0.05) is 6.04 Å². The summed E-state index contributed by atoms with van der Waals surface area (Å²) in [5.74, 6) is 0.887. The number of H-pyrrole nitrogens is 1. The SMILES string of the molecule is CN1CCC(Nc2ncnc3[nH]ncc23)CC1. The van der Waals surface area contributed by atoms with Crippen molar-refractivity contribution in [2.75, 3.05) is 25.5 Å². The standard InChI is InChI=1S/C11H16N6/c1-17-4-2-8(3-5-17)15-10-9-6-14-16-11(9)13-7-12-10/h6-8H,2-5H2,1H3,(H2,12,13,14,15,16). The van der Waals surface area contributed by atoms with Crippen LogP contribution < -0.4 is 5.32 Å². The average molecular weight is 232 g/mol. The fourth-order valence-electron chi connectivity index (χ4n) is 2.23. The number of nitrogens with zero attached hydrogens (tertiary/aromatic N) is 4. The van der Waals surface area contributed by atoms with E-state index in [0.29, 0.717) is 6.04 Å². The highest BCUT2D eigenvalue weighted by Crippen LogP contribution is 2.20. The van der Waals surface area contributed by atoms with Crippen molar-refractivity contribution in [2.24, 2.45) is 0 Å². The molecule has 1 aliphatic heterocycles. The molecule has 2 aromatic heterocycles. The van der Waals surface area contributed by atoms with Gasteiger partial charge in [0.2, 0.25) is 0 Å². The van der Waals surface area contributed by atoms with E-state index < -0.39 is 0 Å². The van der Waals surface area contributed by atoms with E-state index in [-0.39, 0.29) is 0 Å². The van der Waals surface area contributed by atoms with Gasteiger partial charge in [-0.15, -0.1) is 0 Å². The number of rotatable bonds is 2. The fraction of sp³-hybridized carbons (Fsp3) is 0.545. The quantitative estimate of drug-likeness (QED) is 0.803. The largest absolute Gasteiger partial charge is 0.367 e. The molecule has 2 N–H and O–H groups in total. The molecule has 0 aliphatic carbocycles. The highest BCUT2D eigenvalue weighted by atomic mass is 15.2. The van der Waals surface area contributed by atoms with Gasteiger partial charge in [-0.1, -0.05) is 0 Å². The molecule has 0 unspecified atom stereocenters. The second-order valence-electron chi connectivity index (χ2n) is 4.58. The van der Waals surface area contributed by atoms with Gasteiger partial charge < -0.3 is 10.2 Å². The number of anilines is 1. The van der Waals surface area contributed by atoms with Crippen LogP contribution >= 0.6 is 0 Å². The molecule has 0 amide bonds. The van der Waals surface area contributed by atoms with E-state index in [0.717, 1.165) is 42.8 Å². The summed E-state index contributed by atoms with van der Waals surface area (Å²) in [6.45, 7) is 2.27. The zero-order chi connectivity index (χ0) is 11.7. The summed E-state index contributed by atoms with van der Waals surface area (Å²) in [5.41, 5.74) is 0.787. The molecule has 6 nitrogen and oxygen atoms in total. The molecule has 6 heteroatoms. The summed E-state index contributed by atoms with van der Waals surface area (Å²) < 4.78 is 0. The van der Waals surface area contributed by atoms with Gasteiger partial charge in [-0.2, -0.15) is 5.10 Å². The predicted octanol–water partition coefficient (Wildman–Crippen LogP) is 0.859. The summed E-state index contributed by atoms with van der Waals surface area (Å²) in [7, 11) is 2.16. The molecule has 0 spiro atoms. The van der Waals surface area contributed by atoms with Crippen LogP contribution in [0.4, 0.5) is 5.82 Å². The third-order valence-electron chi connectivity index (χ3n) is 3.31. The number of likely N-dealkylation sites (tertiary alicyclic amines) is 1. The Balaban J connectivity index is 1.78. The van der Waals surface area contributed by atoms with Crippen LogP contribution in [0.1, 0.15) is 12.8 Å². The van der Waals surface area contributed by atoms with Gasteiger partial charge in [0.15, 0.2) is 5.65 Å². The number of hydrogen-bond donors (Lipinski definition) is 2. The van der Waals surface area contributed by atoms with Crippen LogP contribution in [0.25, 0.3) is 11.0 Å². The van der Waals surface area contributed by atoms with E-state index in [2.05, 4.69) is 37.4 Å². The molecular weight excluding hydrogens is 216 g/mol. The molecule has 1 saturated heterocycles. The maximum absolute atomic E-state index is 4.30. The van der Waals surface area contributed by atoms with Crippen LogP contribution in [-0.2, 0) is 0 Å². The minimum atomic E-state index is 0.499. The van der Waals surface area contributed by atoms with Crippen LogP contribution in [0.5, 0.6) is 0 Å². The molecule has 0 bridgehead atoms. The Labute approximate surface area is 99.4 Å². The lowest BCUT2D eigenvalue weighted by molar-refractivity contribution is 0.264. The van der Waals surface area contributed by atoms with Gasteiger partial charge in [-0.25, -0.2) is 9.97 Å². The van der Waals surface area contributed by atoms with Crippen molar-refractivity contribution in [1.29, 1.82) is 0 Å². The predicted molar refractivity (Wildman–Crippen MR) is 65.8 cm³/mol. The Bertz CT molecular complexity index is 499. The van der Waals surface area contributed by atoms with Crippen LogP contribution in [0.2, 0.25) is 0 Å². The number of piperidine rings is 1. The molecule has 1 aliphatic rings. The first-order chi connectivity index (χ1) is 8.33. The summed E-state index contributed by atoms with van der Waals surface area (Å²) in [5, 5.41) is 11.3. The fourth-order valence-corrected chi connectivity index (χ4v) is 2.23. The molecule has 2 aromatic rings. The van der Waals surface area contributed by atoms with E-state index in [1.54, 1.807) is 12.5 Å². The number of hydrogen-bond acceptors (Lipinski definition) is 5. The second-order valence-corrected chi connectivity index (χ2v) is 4.58. The Morgan fingerprint density at radius 1 is 1.35 bits per heavy atom. The first kappa shape index (κ1) is 10.5. The normalized spacial score (nSPS) is 18.6. The van der Waals surface area contributed by atoms with Crippen LogP contribution in [-0.4, -0.2) is 51.2 Å². The number of aromatic amines is 1. The van der Waals surface area contributed by atoms with Crippen molar-refractivity contribution in [3.8, 4) is 0 Å². The summed E-state index contributed by atoms with van der Waals surface area (Å²) in [6, 6.07) is 0.499. The minimum absolute atomic E-state index is 0.499. The van der Waals surface area contributed by atoms with Crippen molar-refractivity contribution in [3.63, 3.8) is 0 Å². The van der Waals surface area contributed by atoms with Crippen molar-refractivity contribution in [3.05, 3.63) is 12.5 Å². The van der Waals surface area contributed by atoms with Gasteiger partial charge in [-0.05, 0) is 33.0 Å². The lowest BCUT2D eigenvalue weighted by Gasteiger charge is -2.29. The molecule has 0 aromatic carbocycles. The van der Waals surface area contributed by atoms with E-state index in [1.165, 1.54) is 0 Å². The molecule has 17 heavy (non-hydrogen) atoms. The average Bonchev–Trinajstić information content (AvgIpc) is 2.81. The first-order valence-electron chi connectivity index (χ1n) is 5.92. The highest BCUT2D eigenvalue weighted by Gasteiger charge is 2.17. The number of nitrogens with one attached hydrogen (secondary N) is 2. The monoisotopic (exact) mass is 232 g/mol. The smallest absolute Gasteiger partial charge is 0.160 e. The lowest BCUT2D eigenvalue weighted by Crippen LogP contribution is -2.36. The number of aromatic nitrogens is 4. The van der Waals surface area contributed by atoms with Gasteiger partial charge in [-0.3, -0.25) is 5.10 Å². The molecule has 0 saturated carbocycles. The summed E-state index contributed by atoms with van der Waals surface area (Å²) >= 11 is 0. The zero-order valence-electron chi connectivity index (χ0n) is 9.85.